The van der Waals surface area contributed by atoms with Crippen molar-refractivity contribution in [2.45, 2.75) is 20.1 Å². The number of hydrogen-bond donors (Lipinski definition) is 1. The summed E-state index contributed by atoms with van der Waals surface area (Å²) < 4.78 is 27.2. The Hall–Kier alpha value is -2.39. The highest BCUT2D eigenvalue weighted by Gasteiger charge is 2.13. The number of aromatic nitrogens is 4. The Labute approximate surface area is 174 Å². The SMILES string of the molecule is CCOc1cc(CNc2nnnn2C)c(Br)cc1OCc1ccc(F)cc1Cl. The van der Waals surface area contributed by atoms with Crippen LogP contribution in [-0.4, -0.2) is 26.8 Å². The van der Waals surface area contributed by atoms with Crippen LogP contribution in [0.4, 0.5) is 10.3 Å². The lowest BCUT2D eigenvalue weighted by molar-refractivity contribution is 0.269. The molecule has 3 aromatic rings. The summed E-state index contributed by atoms with van der Waals surface area (Å²) in [6.45, 7) is 3.05. The van der Waals surface area contributed by atoms with Gasteiger partial charge in [-0.05, 0) is 47.2 Å². The molecule has 0 unspecified atom stereocenters. The van der Waals surface area contributed by atoms with Crippen LogP contribution in [0.2, 0.25) is 5.02 Å². The summed E-state index contributed by atoms with van der Waals surface area (Å²) in [4.78, 5) is 0. The summed E-state index contributed by atoms with van der Waals surface area (Å²) in [6, 6.07) is 7.91. The molecule has 2 aromatic carbocycles. The van der Waals surface area contributed by atoms with Gasteiger partial charge in [-0.2, -0.15) is 0 Å². The summed E-state index contributed by atoms with van der Waals surface area (Å²) >= 11 is 9.62. The molecule has 0 aliphatic rings. The Kier molecular flexibility index (Phi) is 6.69. The predicted octanol–water partition coefficient (Wildman–Crippen LogP) is 4.35. The molecular formula is C18H18BrClFN5O2. The first kappa shape index (κ1) is 20.3. The maximum absolute atomic E-state index is 13.2. The van der Waals surface area contributed by atoms with Crippen molar-refractivity contribution in [3.05, 3.63) is 56.8 Å². The molecule has 3 rings (SSSR count). The fourth-order valence-corrected chi connectivity index (χ4v) is 3.13. The summed E-state index contributed by atoms with van der Waals surface area (Å²) in [6.07, 6.45) is 0. The van der Waals surface area contributed by atoms with E-state index in [2.05, 4.69) is 36.8 Å². The van der Waals surface area contributed by atoms with Crippen LogP contribution in [0.5, 0.6) is 11.5 Å². The van der Waals surface area contributed by atoms with Gasteiger partial charge in [0.25, 0.3) is 0 Å². The number of rotatable bonds is 8. The van der Waals surface area contributed by atoms with Crippen LogP contribution in [0.15, 0.2) is 34.8 Å². The van der Waals surface area contributed by atoms with Crippen LogP contribution in [0.25, 0.3) is 0 Å². The van der Waals surface area contributed by atoms with Crippen molar-refractivity contribution in [3.63, 3.8) is 0 Å². The smallest absolute Gasteiger partial charge is 0.242 e. The number of anilines is 1. The molecule has 10 heteroatoms. The lowest BCUT2D eigenvalue weighted by Crippen LogP contribution is -2.07. The average molecular weight is 471 g/mol. The fraction of sp³-hybridized carbons (Fsp3) is 0.278. The van der Waals surface area contributed by atoms with E-state index in [-0.39, 0.29) is 12.4 Å². The molecule has 28 heavy (non-hydrogen) atoms. The highest BCUT2D eigenvalue weighted by molar-refractivity contribution is 9.10. The standard InChI is InChI=1S/C18H18BrClFN5O2/c1-3-27-16-6-12(9-22-18-23-24-25-26(18)2)14(19)8-17(16)28-10-11-4-5-13(21)7-15(11)20/h4-8H,3,9-10H2,1-2H3,(H,22,23,25). The second-order valence-corrected chi connectivity index (χ2v) is 7.09. The highest BCUT2D eigenvalue weighted by Crippen LogP contribution is 2.35. The number of benzene rings is 2. The molecule has 0 aliphatic carbocycles. The molecule has 0 saturated carbocycles. The average Bonchev–Trinajstić information content (AvgIpc) is 3.06. The Bertz CT molecular complexity index is 969. The molecule has 0 radical (unpaired) electrons. The molecule has 0 bridgehead atoms. The minimum absolute atomic E-state index is 0.188. The Morgan fingerprint density at radius 2 is 1.96 bits per heavy atom. The molecular weight excluding hydrogens is 453 g/mol. The summed E-state index contributed by atoms with van der Waals surface area (Å²) in [5.41, 5.74) is 1.63. The second-order valence-electron chi connectivity index (χ2n) is 5.83. The molecule has 0 spiro atoms. The lowest BCUT2D eigenvalue weighted by Gasteiger charge is -2.16. The number of halogens is 3. The largest absolute Gasteiger partial charge is 0.490 e. The van der Waals surface area contributed by atoms with E-state index in [1.54, 1.807) is 17.8 Å². The fourth-order valence-electron chi connectivity index (χ4n) is 2.44. The van der Waals surface area contributed by atoms with Gasteiger partial charge in [-0.3, -0.25) is 0 Å². The Morgan fingerprint density at radius 3 is 2.64 bits per heavy atom. The van der Waals surface area contributed by atoms with E-state index < -0.39 is 0 Å². The summed E-state index contributed by atoms with van der Waals surface area (Å²) in [7, 11) is 1.75. The third kappa shape index (κ3) is 4.90. The normalized spacial score (nSPS) is 10.8. The van der Waals surface area contributed by atoms with E-state index in [1.165, 1.54) is 12.1 Å². The first-order valence-electron chi connectivity index (χ1n) is 8.46. The molecule has 1 heterocycles. The predicted molar refractivity (Wildman–Crippen MR) is 107 cm³/mol. The summed E-state index contributed by atoms with van der Waals surface area (Å²) in [5.74, 6) is 1.31. The van der Waals surface area contributed by atoms with Gasteiger partial charge in [-0.1, -0.05) is 38.7 Å². The zero-order chi connectivity index (χ0) is 20.1. The van der Waals surface area contributed by atoms with Crippen LogP contribution in [0.3, 0.4) is 0 Å². The lowest BCUT2D eigenvalue weighted by atomic mass is 10.2. The van der Waals surface area contributed by atoms with Gasteiger partial charge in [-0.25, -0.2) is 9.07 Å². The van der Waals surface area contributed by atoms with E-state index >= 15 is 0 Å². The van der Waals surface area contributed by atoms with Crippen LogP contribution < -0.4 is 14.8 Å². The third-order valence-electron chi connectivity index (χ3n) is 3.87. The van der Waals surface area contributed by atoms with Gasteiger partial charge in [0.1, 0.15) is 12.4 Å². The Balaban J connectivity index is 1.77. The molecule has 1 aromatic heterocycles. The first-order valence-corrected chi connectivity index (χ1v) is 9.63. The van der Waals surface area contributed by atoms with E-state index in [4.69, 9.17) is 21.1 Å². The van der Waals surface area contributed by atoms with Crippen molar-refractivity contribution >= 4 is 33.5 Å². The first-order chi connectivity index (χ1) is 13.5. The minimum Gasteiger partial charge on any atom is -0.490 e. The summed E-state index contributed by atoms with van der Waals surface area (Å²) in [5, 5.41) is 14.7. The number of ether oxygens (including phenoxy) is 2. The monoisotopic (exact) mass is 469 g/mol. The molecule has 1 N–H and O–H groups in total. The zero-order valence-electron chi connectivity index (χ0n) is 15.2. The van der Waals surface area contributed by atoms with E-state index in [1.807, 2.05) is 19.1 Å². The molecule has 0 atom stereocenters. The van der Waals surface area contributed by atoms with Gasteiger partial charge >= 0.3 is 0 Å². The van der Waals surface area contributed by atoms with Gasteiger partial charge in [0.15, 0.2) is 11.5 Å². The van der Waals surface area contributed by atoms with Crippen molar-refractivity contribution in [1.29, 1.82) is 0 Å². The van der Waals surface area contributed by atoms with Crippen LogP contribution in [0, 0.1) is 5.82 Å². The van der Waals surface area contributed by atoms with E-state index in [0.717, 1.165) is 10.0 Å². The van der Waals surface area contributed by atoms with Gasteiger partial charge in [-0.15, -0.1) is 0 Å². The zero-order valence-corrected chi connectivity index (χ0v) is 17.6. The number of tetrazole rings is 1. The van der Waals surface area contributed by atoms with E-state index in [0.29, 0.717) is 41.2 Å². The molecule has 7 nitrogen and oxygen atoms in total. The van der Waals surface area contributed by atoms with Crippen LogP contribution in [0.1, 0.15) is 18.1 Å². The number of nitrogens with one attached hydrogen (secondary N) is 1. The van der Waals surface area contributed by atoms with E-state index in [9.17, 15) is 4.39 Å². The van der Waals surface area contributed by atoms with Crippen molar-refractivity contribution in [2.24, 2.45) is 7.05 Å². The van der Waals surface area contributed by atoms with Crippen molar-refractivity contribution in [3.8, 4) is 11.5 Å². The second kappa shape index (κ2) is 9.20. The van der Waals surface area contributed by atoms with Gasteiger partial charge in [0.2, 0.25) is 5.95 Å². The number of nitrogens with zero attached hydrogens (tertiary/aromatic N) is 4. The number of aryl methyl sites for hydroxylation is 1. The number of hydrogen-bond acceptors (Lipinski definition) is 6. The topological polar surface area (TPSA) is 74.1 Å². The maximum atomic E-state index is 13.2. The maximum Gasteiger partial charge on any atom is 0.242 e. The quantitative estimate of drug-likeness (QED) is 0.527. The minimum atomic E-state index is -0.388. The highest BCUT2D eigenvalue weighted by atomic mass is 79.9. The van der Waals surface area contributed by atoms with Crippen LogP contribution in [-0.2, 0) is 20.2 Å². The van der Waals surface area contributed by atoms with Crippen molar-refractivity contribution in [1.82, 2.24) is 20.2 Å². The molecule has 148 valence electrons. The Morgan fingerprint density at radius 1 is 1.18 bits per heavy atom. The van der Waals surface area contributed by atoms with Gasteiger partial charge in [0.05, 0.1) is 11.6 Å². The van der Waals surface area contributed by atoms with Crippen molar-refractivity contribution < 1.29 is 13.9 Å². The third-order valence-corrected chi connectivity index (χ3v) is 4.96. The molecule has 0 aliphatic heterocycles. The van der Waals surface area contributed by atoms with Gasteiger partial charge in [0, 0.05) is 23.6 Å². The molecule has 0 saturated heterocycles. The van der Waals surface area contributed by atoms with Gasteiger partial charge < -0.3 is 14.8 Å². The molecule has 0 amide bonds. The van der Waals surface area contributed by atoms with Crippen molar-refractivity contribution in [2.75, 3.05) is 11.9 Å². The van der Waals surface area contributed by atoms with Crippen LogP contribution >= 0.6 is 27.5 Å². The molecule has 0 fully saturated rings.